The Morgan fingerprint density at radius 2 is 2.26 bits per heavy atom. The van der Waals surface area contributed by atoms with Crippen molar-refractivity contribution < 1.29 is 14.0 Å². The van der Waals surface area contributed by atoms with Crippen molar-refractivity contribution in [3.05, 3.63) is 53.5 Å². The summed E-state index contributed by atoms with van der Waals surface area (Å²) in [7, 11) is 0. The van der Waals surface area contributed by atoms with Gasteiger partial charge in [0.25, 0.3) is 0 Å². The summed E-state index contributed by atoms with van der Waals surface area (Å²) < 4.78 is 5.97. The molecule has 27 heavy (non-hydrogen) atoms. The van der Waals surface area contributed by atoms with Gasteiger partial charge in [-0.25, -0.2) is 0 Å². The molecule has 0 aliphatic carbocycles. The van der Waals surface area contributed by atoms with Crippen LogP contribution in [-0.4, -0.2) is 27.6 Å². The molecule has 2 N–H and O–H groups in total. The highest BCUT2D eigenvalue weighted by atomic mass is 32.2. The molecular formula is C18H16N4O3S2. The van der Waals surface area contributed by atoms with Crippen LogP contribution in [0.4, 0.5) is 10.8 Å². The second-order valence-corrected chi connectivity index (χ2v) is 8.23. The minimum atomic E-state index is -0.230. The van der Waals surface area contributed by atoms with E-state index in [0.717, 1.165) is 21.4 Å². The Balaban J connectivity index is 1.34. The highest BCUT2D eigenvalue weighted by Gasteiger charge is 2.27. The van der Waals surface area contributed by atoms with Gasteiger partial charge in [0.15, 0.2) is 10.1 Å². The first-order valence-electron chi connectivity index (χ1n) is 8.31. The van der Waals surface area contributed by atoms with E-state index >= 15 is 0 Å². The molecule has 0 saturated heterocycles. The first kappa shape index (κ1) is 17.7. The summed E-state index contributed by atoms with van der Waals surface area (Å²) in [4.78, 5) is 24.2. The number of nitrogens with one attached hydrogen (secondary N) is 2. The van der Waals surface area contributed by atoms with Crippen LogP contribution in [0.3, 0.4) is 0 Å². The maximum absolute atomic E-state index is 12.5. The molecule has 4 rings (SSSR count). The van der Waals surface area contributed by atoms with Crippen LogP contribution >= 0.6 is 23.1 Å². The van der Waals surface area contributed by atoms with E-state index in [-0.39, 0.29) is 23.4 Å². The number of aromatic nitrogens is 2. The fraction of sp³-hybridized carbons (Fsp3) is 0.222. The smallest absolute Gasteiger partial charge is 0.231 e. The maximum Gasteiger partial charge on any atom is 0.231 e. The molecule has 1 aliphatic rings. The zero-order chi connectivity index (χ0) is 18.8. The number of fused-ring (bicyclic) bond motifs is 1. The molecule has 0 unspecified atom stereocenters. The summed E-state index contributed by atoms with van der Waals surface area (Å²) in [5.41, 5.74) is 2.26. The Kier molecular flexibility index (Phi) is 4.95. The highest BCUT2D eigenvalue weighted by molar-refractivity contribution is 8.01. The van der Waals surface area contributed by atoms with E-state index in [1.807, 2.05) is 19.1 Å². The SMILES string of the molecule is C[C@@H]1C(=O)Nc2ccc(C(=O)CSc3nnc(NCc4ccco4)s3)cc21. The first-order valence-corrected chi connectivity index (χ1v) is 10.1. The van der Waals surface area contributed by atoms with Crippen molar-refractivity contribution in [1.29, 1.82) is 0 Å². The van der Waals surface area contributed by atoms with E-state index in [0.29, 0.717) is 17.2 Å². The van der Waals surface area contributed by atoms with Gasteiger partial charge >= 0.3 is 0 Å². The third-order valence-corrected chi connectivity index (χ3v) is 6.23. The fourth-order valence-electron chi connectivity index (χ4n) is 2.72. The summed E-state index contributed by atoms with van der Waals surface area (Å²) in [5.74, 6) is 0.809. The van der Waals surface area contributed by atoms with Crippen LogP contribution in [-0.2, 0) is 11.3 Å². The minimum Gasteiger partial charge on any atom is -0.467 e. The molecular weight excluding hydrogens is 384 g/mol. The Morgan fingerprint density at radius 1 is 1.37 bits per heavy atom. The number of Topliss-reactive ketones (excluding diaryl/α,β-unsaturated/α-hetero) is 1. The summed E-state index contributed by atoms with van der Waals surface area (Å²) in [5, 5.41) is 14.8. The summed E-state index contributed by atoms with van der Waals surface area (Å²) in [6.07, 6.45) is 1.62. The molecule has 7 nitrogen and oxygen atoms in total. The van der Waals surface area contributed by atoms with Gasteiger partial charge in [-0.05, 0) is 42.8 Å². The van der Waals surface area contributed by atoms with Crippen LogP contribution in [0.25, 0.3) is 0 Å². The van der Waals surface area contributed by atoms with Crippen molar-refractivity contribution in [3.8, 4) is 0 Å². The molecule has 0 spiro atoms. The van der Waals surface area contributed by atoms with Gasteiger partial charge in [-0.3, -0.25) is 9.59 Å². The van der Waals surface area contributed by atoms with Crippen molar-refractivity contribution in [1.82, 2.24) is 10.2 Å². The van der Waals surface area contributed by atoms with E-state index in [4.69, 9.17) is 4.42 Å². The van der Waals surface area contributed by atoms with Gasteiger partial charge < -0.3 is 15.1 Å². The Hall–Kier alpha value is -2.65. The number of nitrogens with zero attached hydrogens (tertiary/aromatic N) is 2. The standard InChI is InChI=1S/C18H16N4O3S2/c1-10-13-7-11(4-5-14(13)20-16(10)24)15(23)9-26-18-22-21-17(27-18)19-8-12-3-2-6-25-12/h2-7,10H,8-9H2,1H3,(H,19,21)(H,20,24)/t10-/m0/s1. The topological polar surface area (TPSA) is 97.1 Å². The molecule has 1 amide bonds. The zero-order valence-electron chi connectivity index (χ0n) is 14.4. The average molecular weight is 400 g/mol. The van der Waals surface area contributed by atoms with Crippen LogP contribution in [0.5, 0.6) is 0 Å². The number of anilines is 2. The largest absolute Gasteiger partial charge is 0.467 e. The molecule has 1 aromatic carbocycles. The Labute approximate surface area is 163 Å². The number of hydrogen-bond donors (Lipinski definition) is 2. The van der Waals surface area contributed by atoms with Crippen LogP contribution in [0.15, 0.2) is 45.4 Å². The van der Waals surface area contributed by atoms with Crippen molar-refractivity contribution in [3.63, 3.8) is 0 Å². The summed E-state index contributed by atoms with van der Waals surface area (Å²) in [6, 6.07) is 9.04. The van der Waals surface area contributed by atoms with Gasteiger partial charge in [-0.15, -0.1) is 10.2 Å². The second-order valence-electron chi connectivity index (χ2n) is 6.03. The van der Waals surface area contributed by atoms with Gasteiger partial charge in [0.2, 0.25) is 11.0 Å². The average Bonchev–Trinajstić information content (AvgIpc) is 3.40. The lowest BCUT2D eigenvalue weighted by molar-refractivity contribution is -0.116. The fourth-order valence-corrected chi connectivity index (χ4v) is 4.36. The maximum atomic E-state index is 12.5. The van der Waals surface area contributed by atoms with Crippen molar-refractivity contribution in [2.24, 2.45) is 0 Å². The van der Waals surface area contributed by atoms with Crippen LogP contribution in [0.2, 0.25) is 0 Å². The van der Waals surface area contributed by atoms with Gasteiger partial charge in [-0.1, -0.05) is 23.1 Å². The highest BCUT2D eigenvalue weighted by Crippen LogP contribution is 2.33. The lowest BCUT2D eigenvalue weighted by Crippen LogP contribution is -2.08. The molecule has 138 valence electrons. The van der Waals surface area contributed by atoms with Gasteiger partial charge in [0.1, 0.15) is 5.76 Å². The van der Waals surface area contributed by atoms with E-state index in [1.54, 1.807) is 24.5 Å². The number of carbonyl (C=O) groups excluding carboxylic acids is 2. The van der Waals surface area contributed by atoms with Gasteiger partial charge in [-0.2, -0.15) is 0 Å². The number of thioether (sulfide) groups is 1. The number of rotatable bonds is 7. The second kappa shape index (κ2) is 7.53. The quantitative estimate of drug-likeness (QED) is 0.460. The number of ketones is 1. The summed E-state index contributed by atoms with van der Waals surface area (Å²) >= 11 is 2.75. The first-order chi connectivity index (χ1) is 13.1. The normalized spacial score (nSPS) is 15.4. The van der Waals surface area contributed by atoms with Crippen LogP contribution in [0.1, 0.15) is 34.5 Å². The molecule has 3 aromatic rings. The molecule has 3 heterocycles. The number of carbonyl (C=O) groups is 2. The molecule has 0 radical (unpaired) electrons. The molecule has 9 heteroatoms. The zero-order valence-corrected chi connectivity index (χ0v) is 16.0. The predicted octanol–water partition coefficient (Wildman–Crippen LogP) is 3.77. The van der Waals surface area contributed by atoms with Gasteiger partial charge in [0.05, 0.1) is 24.5 Å². The molecule has 1 atom stereocenters. The Bertz CT molecular complexity index is 984. The number of hydrogen-bond acceptors (Lipinski definition) is 8. The lowest BCUT2D eigenvalue weighted by Gasteiger charge is -2.04. The molecule has 0 bridgehead atoms. The van der Waals surface area contributed by atoms with Crippen molar-refractivity contribution in [2.45, 2.75) is 23.7 Å². The van der Waals surface area contributed by atoms with E-state index in [1.165, 1.54) is 23.1 Å². The number of amides is 1. The minimum absolute atomic E-state index is 0.00496. The molecule has 1 aliphatic heterocycles. The van der Waals surface area contributed by atoms with Gasteiger partial charge in [0, 0.05) is 11.3 Å². The summed E-state index contributed by atoms with van der Waals surface area (Å²) in [6.45, 7) is 2.37. The lowest BCUT2D eigenvalue weighted by atomic mass is 9.99. The monoisotopic (exact) mass is 400 g/mol. The van der Waals surface area contributed by atoms with Crippen LogP contribution in [0, 0.1) is 0 Å². The van der Waals surface area contributed by atoms with E-state index in [2.05, 4.69) is 20.8 Å². The van der Waals surface area contributed by atoms with E-state index < -0.39 is 0 Å². The Morgan fingerprint density at radius 3 is 3.07 bits per heavy atom. The third kappa shape index (κ3) is 3.88. The molecule has 0 saturated carbocycles. The van der Waals surface area contributed by atoms with E-state index in [9.17, 15) is 9.59 Å². The molecule has 0 fully saturated rings. The van der Waals surface area contributed by atoms with Crippen molar-refractivity contribution >= 4 is 45.6 Å². The number of benzene rings is 1. The van der Waals surface area contributed by atoms with Crippen molar-refractivity contribution in [2.75, 3.05) is 16.4 Å². The number of furan rings is 1. The molecule has 2 aromatic heterocycles. The third-order valence-electron chi connectivity index (χ3n) is 4.22. The van der Waals surface area contributed by atoms with Crippen LogP contribution < -0.4 is 10.6 Å². The predicted molar refractivity (Wildman–Crippen MR) is 104 cm³/mol.